The fourth-order valence-electron chi connectivity index (χ4n) is 1.36. The van der Waals surface area contributed by atoms with Crippen LogP contribution in [0.3, 0.4) is 0 Å². The van der Waals surface area contributed by atoms with Gasteiger partial charge in [0.15, 0.2) is 0 Å². The van der Waals surface area contributed by atoms with Crippen LogP contribution in [0.2, 0.25) is 0 Å². The second-order valence-corrected chi connectivity index (χ2v) is 3.44. The van der Waals surface area contributed by atoms with Crippen LogP contribution in [0, 0.1) is 5.41 Å². The van der Waals surface area contributed by atoms with Gasteiger partial charge in [0.05, 0.1) is 6.10 Å². The maximum atomic E-state index is 12.1. The van der Waals surface area contributed by atoms with Crippen molar-refractivity contribution in [1.29, 1.82) is 0 Å². The topological polar surface area (TPSA) is 29.5 Å². The highest BCUT2D eigenvalue weighted by molar-refractivity contribution is 4.83. The molecule has 0 aromatic rings. The molecule has 1 N–H and O–H groups in total. The van der Waals surface area contributed by atoms with E-state index in [1.165, 1.54) is 0 Å². The molecule has 3 heteroatoms. The maximum Gasteiger partial charge on any atom is 0.116 e. The fourth-order valence-corrected chi connectivity index (χ4v) is 1.36. The van der Waals surface area contributed by atoms with Gasteiger partial charge < -0.3 is 9.84 Å². The van der Waals surface area contributed by atoms with Crippen LogP contribution < -0.4 is 0 Å². The van der Waals surface area contributed by atoms with E-state index in [-0.39, 0.29) is 5.41 Å². The van der Waals surface area contributed by atoms with Gasteiger partial charge in [-0.05, 0) is 12.8 Å². The molecule has 0 aromatic carbocycles. The summed E-state index contributed by atoms with van der Waals surface area (Å²) >= 11 is 0. The highest BCUT2D eigenvalue weighted by atomic mass is 19.1. The summed E-state index contributed by atoms with van der Waals surface area (Å²) < 4.78 is 17.3. The molecule has 0 spiro atoms. The van der Waals surface area contributed by atoms with E-state index >= 15 is 0 Å². The molecular weight excluding hydrogens is 147 g/mol. The van der Waals surface area contributed by atoms with Crippen LogP contribution in [0.25, 0.3) is 0 Å². The van der Waals surface area contributed by atoms with E-state index in [0.29, 0.717) is 13.2 Å². The summed E-state index contributed by atoms with van der Waals surface area (Å²) in [5.41, 5.74) is -0.257. The fraction of sp³-hybridized carbons (Fsp3) is 1.00. The number of ether oxygens (including phenoxy) is 1. The van der Waals surface area contributed by atoms with Gasteiger partial charge in [-0.3, -0.25) is 0 Å². The van der Waals surface area contributed by atoms with Crippen LogP contribution in [0.4, 0.5) is 4.39 Å². The second-order valence-electron chi connectivity index (χ2n) is 3.44. The Bertz CT molecular complexity index is 121. The lowest BCUT2D eigenvalue weighted by molar-refractivity contribution is -0.0587. The number of halogens is 1. The zero-order valence-electron chi connectivity index (χ0n) is 6.85. The molecule has 1 unspecified atom stereocenters. The Morgan fingerprint density at radius 2 is 2.09 bits per heavy atom. The van der Waals surface area contributed by atoms with Crippen molar-refractivity contribution in [1.82, 2.24) is 0 Å². The summed E-state index contributed by atoms with van der Waals surface area (Å²) in [7, 11) is 0. The number of alkyl halides is 1. The van der Waals surface area contributed by atoms with E-state index in [1.54, 1.807) is 0 Å². The largest absolute Gasteiger partial charge is 0.390 e. The summed E-state index contributed by atoms with van der Waals surface area (Å²) in [5.74, 6) is 0. The Hall–Kier alpha value is -0.150. The average molecular weight is 162 g/mol. The Balaban J connectivity index is 2.49. The van der Waals surface area contributed by atoms with E-state index in [9.17, 15) is 9.50 Å². The first-order chi connectivity index (χ1) is 5.19. The lowest BCUT2D eigenvalue weighted by Gasteiger charge is -2.36. The molecule has 1 aliphatic rings. The molecule has 2 nitrogen and oxygen atoms in total. The van der Waals surface area contributed by atoms with Gasteiger partial charge in [-0.25, -0.2) is 4.39 Å². The minimum absolute atomic E-state index is 0.257. The predicted molar refractivity (Wildman–Crippen MR) is 40.1 cm³/mol. The van der Waals surface area contributed by atoms with Gasteiger partial charge in [0.25, 0.3) is 0 Å². The highest BCUT2D eigenvalue weighted by Gasteiger charge is 2.34. The van der Waals surface area contributed by atoms with Gasteiger partial charge in [0, 0.05) is 18.6 Å². The molecule has 1 saturated heterocycles. The van der Waals surface area contributed by atoms with Crippen molar-refractivity contribution in [3.8, 4) is 0 Å². The van der Waals surface area contributed by atoms with E-state index < -0.39 is 12.8 Å². The number of aliphatic hydroxyl groups excluding tert-OH is 1. The zero-order valence-corrected chi connectivity index (χ0v) is 6.85. The van der Waals surface area contributed by atoms with Crippen molar-refractivity contribution in [3.05, 3.63) is 0 Å². The molecule has 66 valence electrons. The van der Waals surface area contributed by atoms with Gasteiger partial charge >= 0.3 is 0 Å². The standard InChI is InChI=1S/C8H15FO2/c1-8(7(10)6-9)2-4-11-5-3-8/h7,10H,2-6H2,1H3. The molecule has 0 radical (unpaired) electrons. The van der Waals surface area contributed by atoms with Crippen molar-refractivity contribution >= 4 is 0 Å². The van der Waals surface area contributed by atoms with Gasteiger partial charge in [-0.2, -0.15) is 0 Å². The Kier molecular flexibility index (Phi) is 2.84. The summed E-state index contributed by atoms with van der Waals surface area (Å²) in [6.45, 7) is 2.57. The molecule has 0 bridgehead atoms. The van der Waals surface area contributed by atoms with E-state index in [4.69, 9.17) is 4.74 Å². The van der Waals surface area contributed by atoms with Crippen LogP contribution in [-0.4, -0.2) is 31.1 Å². The Morgan fingerprint density at radius 1 is 1.55 bits per heavy atom. The number of rotatable bonds is 2. The van der Waals surface area contributed by atoms with Gasteiger partial charge in [0.2, 0.25) is 0 Å². The number of hydrogen-bond donors (Lipinski definition) is 1. The maximum absolute atomic E-state index is 12.1. The van der Waals surface area contributed by atoms with E-state index in [1.807, 2.05) is 6.92 Å². The highest BCUT2D eigenvalue weighted by Crippen LogP contribution is 2.33. The summed E-state index contributed by atoms with van der Waals surface area (Å²) in [4.78, 5) is 0. The second kappa shape index (κ2) is 3.50. The minimum Gasteiger partial charge on any atom is -0.390 e. The molecule has 1 atom stereocenters. The summed E-state index contributed by atoms with van der Waals surface area (Å²) in [5, 5.41) is 9.31. The van der Waals surface area contributed by atoms with Gasteiger partial charge in [0.1, 0.15) is 6.67 Å². The van der Waals surface area contributed by atoms with Crippen LogP contribution in [-0.2, 0) is 4.74 Å². The molecule has 1 rings (SSSR count). The SMILES string of the molecule is CC1(C(O)CF)CCOCC1. The van der Waals surface area contributed by atoms with E-state index in [2.05, 4.69) is 0 Å². The first-order valence-electron chi connectivity index (χ1n) is 4.01. The monoisotopic (exact) mass is 162 g/mol. The van der Waals surface area contributed by atoms with Gasteiger partial charge in [-0.1, -0.05) is 6.92 Å². The third-order valence-electron chi connectivity index (χ3n) is 2.59. The average Bonchev–Trinajstić information content (AvgIpc) is 2.04. The Morgan fingerprint density at radius 3 is 2.55 bits per heavy atom. The van der Waals surface area contributed by atoms with Crippen molar-refractivity contribution < 1.29 is 14.2 Å². The van der Waals surface area contributed by atoms with Crippen LogP contribution in [0.5, 0.6) is 0 Å². The summed E-state index contributed by atoms with van der Waals surface area (Å²) in [6, 6.07) is 0. The molecular formula is C8H15FO2. The molecule has 1 aliphatic heterocycles. The minimum atomic E-state index is -0.814. The first kappa shape index (κ1) is 8.94. The summed E-state index contributed by atoms with van der Waals surface area (Å²) in [6.07, 6.45) is 0.710. The molecule has 1 heterocycles. The van der Waals surface area contributed by atoms with E-state index in [0.717, 1.165) is 12.8 Å². The molecule has 0 aromatic heterocycles. The normalized spacial score (nSPS) is 26.5. The van der Waals surface area contributed by atoms with Crippen molar-refractivity contribution in [2.24, 2.45) is 5.41 Å². The lowest BCUT2D eigenvalue weighted by atomic mass is 9.78. The molecule has 0 saturated carbocycles. The van der Waals surface area contributed by atoms with Crippen LogP contribution >= 0.6 is 0 Å². The third-order valence-corrected chi connectivity index (χ3v) is 2.59. The molecule has 0 aliphatic carbocycles. The first-order valence-corrected chi connectivity index (χ1v) is 4.01. The number of hydrogen-bond acceptors (Lipinski definition) is 2. The van der Waals surface area contributed by atoms with Crippen LogP contribution in [0.1, 0.15) is 19.8 Å². The molecule has 0 amide bonds. The smallest absolute Gasteiger partial charge is 0.116 e. The van der Waals surface area contributed by atoms with Crippen molar-refractivity contribution in [2.45, 2.75) is 25.9 Å². The Labute approximate surface area is 66.4 Å². The van der Waals surface area contributed by atoms with Crippen molar-refractivity contribution in [2.75, 3.05) is 19.9 Å². The lowest BCUT2D eigenvalue weighted by Crippen LogP contribution is -2.39. The molecule has 1 fully saturated rings. The zero-order chi connectivity index (χ0) is 8.32. The van der Waals surface area contributed by atoms with Gasteiger partial charge in [-0.15, -0.1) is 0 Å². The van der Waals surface area contributed by atoms with Crippen molar-refractivity contribution in [3.63, 3.8) is 0 Å². The third kappa shape index (κ3) is 1.91. The number of aliphatic hydroxyl groups is 1. The predicted octanol–water partition coefficient (Wildman–Crippen LogP) is 1.13. The quantitative estimate of drug-likeness (QED) is 0.659. The molecule has 11 heavy (non-hydrogen) atoms. The van der Waals surface area contributed by atoms with Crippen LogP contribution in [0.15, 0.2) is 0 Å².